The van der Waals surface area contributed by atoms with E-state index in [-0.39, 0.29) is 4.90 Å². The summed E-state index contributed by atoms with van der Waals surface area (Å²) >= 11 is 5.79. The molecule has 0 radical (unpaired) electrons. The third-order valence-electron chi connectivity index (χ3n) is 3.95. The molecule has 24 heavy (non-hydrogen) atoms. The SMILES string of the molecule is CN1CCN(c2ccc(NS(=O)(=O)c3ccc(Cl)cc3)cn2)CC1. The van der Waals surface area contributed by atoms with Crippen molar-refractivity contribution in [3.63, 3.8) is 0 Å². The van der Waals surface area contributed by atoms with Gasteiger partial charge in [-0.25, -0.2) is 13.4 Å². The lowest BCUT2D eigenvalue weighted by Gasteiger charge is -2.33. The molecule has 1 fully saturated rings. The number of piperazine rings is 1. The molecule has 1 aromatic heterocycles. The zero-order valence-corrected chi connectivity index (χ0v) is 14.9. The maximum Gasteiger partial charge on any atom is 0.261 e. The Morgan fingerprint density at radius 1 is 1.04 bits per heavy atom. The molecule has 1 N–H and O–H groups in total. The minimum absolute atomic E-state index is 0.162. The molecule has 0 unspecified atom stereocenters. The number of likely N-dealkylation sites (N-methyl/N-ethyl adjacent to an activating group) is 1. The number of sulfonamides is 1. The summed E-state index contributed by atoms with van der Waals surface area (Å²) in [5.41, 5.74) is 0.433. The van der Waals surface area contributed by atoms with Crippen LogP contribution in [0.3, 0.4) is 0 Å². The fraction of sp³-hybridized carbons (Fsp3) is 0.312. The number of halogens is 1. The van der Waals surface area contributed by atoms with Crippen molar-refractivity contribution in [2.45, 2.75) is 4.90 Å². The Morgan fingerprint density at radius 2 is 1.71 bits per heavy atom. The number of hydrogen-bond acceptors (Lipinski definition) is 5. The van der Waals surface area contributed by atoms with E-state index in [1.54, 1.807) is 24.4 Å². The number of anilines is 2. The van der Waals surface area contributed by atoms with Gasteiger partial charge in [0, 0.05) is 31.2 Å². The Hall–Kier alpha value is -1.83. The van der Waals surface area contributed by atoms with Crippen LogP contribution in [0.5, 0.6) is 0 Å². The normalized spacial score (nSPS) is 16.2. The van der Waals surface area contributed by atoms with E-state index in [1.165, 1.54) is 12.1 Å². The molecule has 128 valence electrons. The van der Waals surface area contributed by atoms with Gasteiger partial charge in [0.2, 0.25) is 0 Å². The number of hydrogen-bond donors (Lipinski definition) is 1. The first-order valence-electron chi connectivity index (χ1n) is 7.62. The maximum atomic E-state index is 12.3. The molecule has 8 heteroatoms. The van der Waals surface area contributed by atoms with Gasteiger partial charge in [-0.3, -0.25) is 4.72 Å². The van der Waals surface area contributed by atoms with Gasteiger partial charge in [0.05, 0.1) is 16.8 Å². The van der Waals surface area contributed by atoms with Crippen LogP contribution in [0.25, 0.3) is 0 Å². The molecule has 0 atom stereocenters. The van der Waals surface area contributed by atoms with Crippen LogP contribution in [-0.2, 0) is 10.0 Å². The van der Waals surface area contributed by atoms with Gasteiger partial charge in [-0.1, -0.05) is 11.6 Å². The maximum absolute atomic E-state index is 12.3. The Labute approximate surface area is 147 Å². The first kappa shape index (κ1) is 17.0. The molecular weight excluding hydrogens is 348 g/mol. The highest BCUT2D eigenvalue weighted by Gasteiger charge is 2.17. The van der Waals surface area contributed by atoms with Gasteiger partial charge < -0.3 is 9.80 Å². The first-order chi connectivity index (χ1) is 11.4. The highest BCUT2D eigenvalue weighted by Crippen LogP contribution is 2.20. The van der Waals surface area contributed by atoms with Crippen molar-refractivity contribution in [1.29, 1.82) is 0 Å². The summed E-state index contributed by atoms with van der Waals surface area (Å²) in [7, 11) is -1.55. The summed E-state index contributed by atoms with van der Waals surface area (Å²) in [6.07, 6.45) is 1.54. The highest BCUT2D eigenvalue weighted by atomic mass is 35.5. The highest BCUT2D eigenvalue weighted by molar-refractivity contribution is 7.92. The molecule has 3 rings (SSSR count). The smallest absolute Gasteiger partial charge is 0.261 e. The summed E-state index contributed by atoms with van der Waals surface area (Å²) < 4.78 is 27.2. The molecule has 0 bridgehead atoms. The van der Waals surface area contributed by atoms with E-state index in [1.807, 2.05) is 6.07 Å². The molecule has 2 aromatic rings. The molecule has 0 saturated carbocycles. The number of nitrogens with zero attached hydrogens (tertiary/aromatic N) is 3. The Morgan fingerprint density at radius 3 is 2.29 bits per heavy atom. The molecule has 1 aromatic carbocycles. The second-order valence-corrected chi connectivity index (χ2v) is 7.87. The second kappa shape index (κ2) is 6.96. The monoisotopic (exact) mass is 366 g/mol. The van der Waals surface area contributed by atoms with E-state index < -0.39 is 10.0 Å². The van der Waals surface area contributed by atoms with Crippen LogP contribution in [0.2, 0.25) is 5.02 Å². The standard InChI is InChI=1S/C16H19ClN4O2S/c1-20-8-10-21(11-9-20)16-7-4-14(12-18-16)19-24(22,23)15-5-2-13(17)3-6-15/h2-7,12,19H,8-11H2,1H3. The molecule has 2 heterocycles. The third-order valence-corrected chi connectivity index (χ3v) is 5.60. The van der Waals surface area contributed by atoms with Gasteiger partial charge in [-0.15, -0.1) is 0 Å². The fourth-order valence-corrected chi connectivity index (χ4v) is 3.67. The number of benzene rings is 1. The van der Waals surface area contributed by atoms with E-state index in [4.69, 9.17) is 11.6 Å². The van der Waals surface area contributed by atoms with Gasteiger partial charge in [-0.05, 0) is 43.4 Å². The lowest BCUT2D eigenvalue weighted by molar-refractivity contribution is 0.312. The second-order valence-electron chi connectivity index (χ2n) is 5.75. The number of rotatable bonds is 4. The minimum Gasteiger partial charge on any atom is -0.354 e. The predicted octanol–water partition coefficient (Wildman–Crippen LogP) is 2.29. The molecule has 0 amide bonds. The van der Waals surface area contributed by atoms with Crippen LogP contribution < -0.4 is 9.62 Å². The lowest BCUT2D eigenvalue weighted by Crippen LogP contribution is -2.44. The number of pyridine rings is 1. The van der Waals surface area contributed by atoms with Crippen LogP contribution in [-0.4, -0.2) is 51.5 Å². The van der Waals surface area contributed by atoms with Crippen molar-refractivity contribution in [1.82, 2.24) is 9.88 Å². The van der Waals surface area contributed by atoms with E-state index in [9.17, 15) is 8.42 Å². The zero-order valence-electron chi connectivity index (χ0n) is 13.3. The van der Waals surface area contributed by atoms with Gasteiger partial charge in [0.25, 0.3) is 10.0 Å². The van der Waals surface area contributed by atoms with Crippen molar-refractivity contribution < 1.29 is 8.42 Å². The molecule has 1 saturated heterocycles. The molecule has 0 aliphatic carbocycles. The van der Waals surface area contributed by atoms with Crippen molar-refractivity contribution in [2.75, 3.05) is 42.8 Å². The van der Waals surface area contributed by atoms with Gasteiger partial charge >= 0.3 is 0 Å². The zero-order chi connectivity index (χ0) is 17.2. The van der Waals surface area contributed by atoms with Gasteiger partial charge in [0.1, 0.15) is 5.82 Å². The fourth-order valence-electron chi connectivity index (χ4n) is 2.50. The van der Waals surface area contributed by atoms with Gasteiger partial charge in [-0.2, -0.15) is 0 Å². The van der Waals surface area contributed by atoms with Crippen LogP contribution in [0.4, 0.5) is 11.5 Å². The summed E-state index contributed by atoms with van der Waals surface area (Å²) in [6, 6.07) is 9.60. The minimum atomic E-state index is -3.64. The lowest BCUT2D eigenvalue weighted by atomic mass is 10.3. The Bertz CT molecular complexity index is 786. The third kappa shape index (κ3) is 3.98. The van der Waals surface area contributed by atoms with Crippen molar-refractivity contribution >= 4 is 33.1 Å². The van der Waals surface area contributed by atoms with Crippen LogP contribution in [0, 0.1) is 0 Å². The Kier molecular flexibility index (Phi) is 4.93. The predicted molar refractivity (Wildman–Crippen MR) is 96.2 cm³/mol. The number of nitrogens with one attached hydrogen (secondary N) is 1. The average Bonchev–Trinajstić information content (AvgIpc) is 2.56. The van der Waals surface area contributed by atoms with Crippen LogP contribution in [0.1, 0.15) is 0 Å². The first-order valence-corrected chi connectivity index (χ1v) is 9.48. The molecular formula is C16H19ClN4O2S. The summed E-state index contributed by atoms with van der Waals surface area (Å²) in [4.78, 5) is 9.00. The van der Waals surface area contributed by atoms with E-state index in [0.29, 0.717) is 10.7 Å². The quantitative estimate of drug-likeness (QED) is 0.899. The van der Waals surface area contributed by atoms with Crippen molar-refractivity contribution in [3.05, 3.63) is 47.6 Å². The van der Waals surface area contributed by atoms with E-state index in [2.05, 4.69) is 26.6 Å². The van der Waals surface area contributed by atoms with E-state index in [0.717, 1.165) is 32.0 Å². The van der Waals surface area contributed by atoms with E-state index >= 15 is 0 Å². The molecule has 1 aliphatic heterocycles. The van der Waals surface area contributed by atoms with Gasteiger partial charge in [0.15, 0.2) is 0 Å². The van der Waals surface area contributed by atoms with Crippen LogP contribution >= 0.6 is 11.6 Å². The topological polar surface area (TPSA) is 65.5 Å². The van der Waals surface area contributed by atoms with Crippen LogP contribution in [0.15, 0.2) is 47.5 Å². The Balaban J connectivity index is 1.70. The van der Waals surface area contributed by atoms with Crippen molar-refractivity contribution in [3.8, 4) is 0 Å². The summed E-state index contributed by atoms with van der Waals surface area (Å²) in [6.45, 7) is 3.82. The molecule has 1 aliphatic rings. The average molecular weight is 367 g/mol. The number of aromatic nitrogens is 1. The molecule has 6 nitrogen and oxygen atoms in total. The summed E-state index contributed by atoms with van der Waals surface area (Å²) in [5, 5.41) is 0.493. The largest absolute Gasteiger partial charge is 0.354 e. The summed E-state index contributed by atoms with van der Waals surface area (Å²) in [5.74, 6) is 0.859. The van der Waals surface area contributed by atoms with Crippen molar-refractivity contribution in [2.24, 2.45) is 0 Å². The molecule has 0 spiro atoms.